The maximum absolute atomic E-state index is 11.7. The van der Waals surface area contributed by atoms with E-state index in [2.05, 4.69) is 16.6 Å². The van der Waals surface area contributed by atoms with Crippen molar-refractivity contribution in [2.75, 3.05) is 11.9 Å². The summed E-state index contributed by atoms with van der Waals surface area (Å²) in [7, 11) is 0. The van der Waals surface area contributed by atoms with E-state index in [1.165, 1.54) is 0 Å². The van der Waals surface area contributed by atoms with Gasteiger partial charge < -0.3 is 15.7 Å². The first-order valence-electron chi connectivity index (χ1n) is 6.76. The number of aliphatic hydroxyl groups excluding tert-OH is 1. The third-order valence-electron chi connectivity index (χ3n) is 2.74. The minimum absolute atomic E-state index is 0.0504. The zero-order chi connectivity index (χ0) is 15.8. The highest BCUT2D eigenvalue weighted by atomic mass is 16.3. The molecular weight excluding hydrogens is 268 g/mol. The third kappa shape index (κ3) is 6.11. The lowest BCUT2D eigenvalue weighted by atomic mass is 10.1. The van der Waals surface area contributed by atoms with Crippen LogP contribution in [-0.4, -0.2) is 29.6 Å². The molecule has 3 N–H and O–H groups in total. The smallest absolute Gasteiger partial charge is 0.313 e. The number of hydrogen-bond acceptors (Lipinski definition) is 3. The molecule has 1 unspecified atom stereocenters. The van der Waals surface area contributed by atoms with Crippen LogP contribution in [0.1, 0.15) is 25.8 Å². The average molecular weight is 288 g/mol. The number of carbonyl (C=O) groups is 2. The van der Waals surface area contributed by atoms with Gasteiger partial charge in [-0.2, -0.15) is 0 Å². The van der Waals surface area contributed by atoms with Gasteiger partial charge in [0.2, 0.25) is 0 Å². The second kappa shape index (κ2) is 8.08. The molecule has 5 nitrogen and oxygen atoms in total. The molecule has 0 spiro atoms. The standard InChI is InChI=1S/C16H20N2O3/c1-4-12-6-5-7-13(9-12)18-16(21)15(20)17-10-14(19)8-11(2)3/h1,5-7,9,11,14,19H,8,10H2,2-3H3,(H,17,20)(H,18,21). The van der Waals surface area contributed by atoms with Gasteiger partial charge in [0.15, 0.2) is 0 Å². The molecule has 5 heteroatoms. The second-order valence-electron chi connectivity index (χ2n) is 5.17. The van der Waals surface area contributed by atoms with Crippen molar-refractivity contribution in [1.29, 1.82) is 0 Å². The number of nitrogens with one attached hydrogen (secondary N) is 2. The Labute approximate surface area is 124 Å². The minimum Gasteiger partial charge on any atom is -0.391 e. The quantitative estimate of drug-likeness (QED) is 0.561. The Morgan fingerprint density at radius 2 is 2.05 bits per heavy atom. The van der Waals surface area contributed by atoms with E-state index in [9.17, 15) is 14.7 Å². The molecule has 0 aliphatic carbocycles. The molecule has 2 amide bonds. The molecule has 112 valence electrons. The molecule has 0 aliphatic rings. The van der Waals surface area contributed by atoms with Crippen molar-refractivity contribution in [3.05, 3.63) is 29.8 Å². The SMILES string of the molecule is C#Cc1cccc(NC(=O)C(=O)NCC(O)CC(C)C)c1. The maximum atomic E-state index is 11.7. The average Bonchev–Trinajstić information content (AvgIpc) is 2.44. The molecule has 0 bridgehead atoms. The van der Waals surface area contributed by atoms with Crippen molar-refractivity contribution in [3.63, 3.8) is 0 Å². The summed E-state index contributed by atoms with van der Waals surface area (Å²) in [6.07, 6.45) is 5.16. The van der Waals surface area contributed by atoms with E-state index in [1.807, 2.05) is 13.8 Å². The predicted octanol–water partition coefficient (Wildman–Crippen LogP) is 1.13. The molecule has 1 rings (SSSR count). The molecule has 21 heavy (non-hydrogen) atoms. The molecule has 0 fully saturated rings. The van der Waals surface area contributed by atoms with Gasteiger partial charge in [-0.25, -0.2) is 0 Å². The topological polar surface area (TPSA) is 78.4 Å². The summed E-state index contributed by atoms with van der Waals surface area (Å²) >= 11 is 0. The number of carbonyl (C=O) groups excluding carboxylic acids is 2. The summed E-state index contributed by atoms with van der Waals surface area (Å²) in [5, 5.41) is 14.5. The van der Waals surface area contributed by atoms with Crippen LogP contribution in [0.2, 0.25) is 0 Å². The molecule has 0 radical (unpaired) electrons. The molecule has 0 saturated carbocycles. The summed E-state index contributed by atoms with van der Waals surface area (Å²) in [4.78, 5) is 23.3. The molecule has 0 heterocycles. The first-order chi connectivity index (χ1) is 9.92. The normalized spacial score (nSPS) is 11.6. The third-order valence-corrected chi connectivity index (χ3v) is 2.74. The van der Waals surface area contributed by atoms with Crippen molar-refractivity contribution in [2.24, 2.45) is 5.92 Å². The zero-order valence-electron chi connectivity index (χ0n) is 12.2. The van der Waals surface area contributed by atoms with Gasteiger partial charge in [-0.3, -0.25) is 9.59 Å². The Kier molecular flexibility index (Phi) is 6.44. The number of rotatable bonds is 5. The van der Waals surface area contributed by atoms with Crippen molar-refractivity contribution in [1.82, 2.24) is 5.32 Å². The number of aliphatic hydroxyl groups is 1. The number of amides is 2. The van der Waals surface area contributed by atoms with Gasteiger partial charge in [0.05, 0.1) is 6.10 Å². The predicted molar refractivity (Wildman–Crippen MR) is 81.5 cm³/mol. The first kappa shape index (κ1) is 16.7. The van der Waals surface area contributed by atoms with E-state index in [0.717, 1.165) is 0 Å². The van der Waals surface area contributed by atoms with Crippen molar-refractivity contribution < 1.29 is 14.7 Å². The fraction of sp³-hybridized carbons (Fsp3) is 0.375. The number of benzene rings is 1. The fourth-order valence-electron chi connectivity index (χ4n) is 1.79. The van der Waals surface area contributed by atoms with E-state index in [-0.39, 0.29) is 6.54 Å². The van der Waals surface area contributed by atoms with Gasteiger partial charge in [0, 0.05) is 17.8 Å². The fourth-order valence-corrected chi connectivity index (χ4v) is 1.79. The van der Waals surface area contributed by atoms with Gasteiger partial charge >= 0.3 is 11.8 Å². The summed E-state index contributed by atoms with van der Waals surface area (Å²) in [5.41, 5.74) is 1.06. The Bertz CT molecular complexity index is 547. The Hall–Kier alpha value is -2.32. The maximum Gasteiger partial charge on any atom is 0.313 e. The lowest BCUT2D eigenvalue weighted by molar-refractivity contribution is -0.136. The van der Waals surface area contributed by atoms with Crippen LogP contribution in [0, 0.1) is 18.3 Å². The molecule has 1 aromatic carbocycles. The van der Waals surface area contributed by atoms with Crippen molar-refractivity contribution in [2.45, 2.75) is 26.4 Å². The van der Waals surface area contributed by atoms with Crippen molar-refractivity contribution in [3.8, 4) is 12.3 Å². The number of hydrogen-bond donors (Lipinski definition) is 3. The van der Waals surface area contributed by atoms with E-state index >= 15 is 0 Å². The van der Waals surface area contributed by atoms with Crippen LogP contribution in [0.5, 0.6) is 0 Å². The van der Waals surface area contributed by atoms with E-state index in [1.54, 1.807) is 24.3 Å². The van der Waals surface area contributed by atoms with E-state index in [0.29, 0.717) is 23.6 Å². The van der Waals surface area contributed by atoms with Crippen molar-refractivity contribution >= 4 is 17.5 Å². The van der Waals surface area contributed by atoms with E-state index < -0.39 is 17.9 Å². The minimum atomic E-state index is -0.791. The van der Waals surface area contributed by atoms with Gasteiger partial charge in [0.25, 0.3) is 0 Å². The summed E-state index contributed by atoms with van der Waals surface area (Å²) < 4.78 is 0. The monoisotopic (exact) mass is 288 g/mol. The molecule has 1 atom stereocenters. The van der Waals surface area contributed by atoms with Crippen LogP contribution in [0.4, 0.5) is 5.69 Å². The Balaban J connectivity index is 2.48. The van der Waals surface area contributed by atoms with Crippen LogP contribution in [0.15, 0.2) is 24.3 Å². The lowest BCUT2D eigenvalue weighted by Crippen LogP contribution is -2.39. The molecule has 1 aromatic rings. The van der Waals surface area contributed by atoms with Gasteiger partial charge in [-0.1, -0.05) is 25.8 Å². The first-order valence-corrected chi connectivity index (χ1v) is 6.76. The molecular formula is C16H20N2O3. The largest absolute Gasteiger partial charge is 0.391 e. The van der Waals surface area contributed by atoms with E-state index in [4.69, 9.17) is 6.42 Å². The van der Waals surface area contributed by atoms with Crippen LogP contribution in [0.3, 0.4) is 0 Å². The highest BCUT2D eigenvalue weighted by molar-refractivity contribution is 6.39. The second-order valence-corrected chi connectivity index (χ2v) is 5.17. The number of terminal acetylenes is 1. The highest BCUT2D eigenvalue weighted by Crippen LogP contribution is 2.09. The van der Waals surface area contributed by atoms with Gasteiger partial charge in [-0.15, -0.1) is 6.42 Å². The Morgan fingerprint density at radius 1 is 1.33 bits per heavy atom. The lowest BCUT2D eigenvalue weighted by Gasteiger charge is -2.13. The van der Waals surface area contributed by atoms with Gasteiger partial charge in [-0.05, 0) is 30.5 Å². The van der Waals surface area contributed by atoms with Crippen LogP contribution < -0.4 is 10.6 Å². The molecule has 0 saturated heterocycles. The number of anilines is 1. The summed E-state index contributed by atoms with van der Waals surface area (Å²) in [5.74, 6) is 1.18. The van der Waals surface area contributed by atoms with Crippen LogP contribution in [-0.2, 0) is 9.59 Å². The van der Waals surface area contributed by atoms with Gasteiger partial charge in [0.1, 0.15) is 0 Å². The summed E-state index contributed by atoms with van der Waals surface area (Å²) in [6.45, 7) is 3.99. The van der Waals surface area contributed by atoms with Crippen LogP contribution >= 0.6 is 0 Å². The molecule has 0 aliphatic heterocycles. The summed E-state index contributed by atoms with van der Waals surface area (Å²) in [6, 6.07) is 6.64. The Morgan fingerprint density at radius 3 is 2.67 bits per heavy atom. The highest BCUT2D eigenvalue weighted by Gasteiger charge is 2.15. The molecule has 0 aromatic heterocycles. The van der Waals surface area contributed by atoms with Crippen LogP contribution in [0.25, 0.3) is 0 Å². The zero-order valence-corrected chi connectivity index (χ0v) is 12.2.